The molecule has 16 heteroatoms. The Kier molecular flexibility index (Phi) is 10.5. The van der Waals surface area contributed by atoms with E-state index in [9.17, 15) is 26.8 Å². The molecule has 40 heavy (non-hydrogen) atoms. The summed E-state index contributed by atoms with van der Waals surface area (Å²) in [7, 11) is -2.70. The Morgan fingerprint density at radius 1 is 1.12 bits per heavy atom. The minimum absolute atomic E-state index is 0.00618. The summed E-state index contributed by atoms with van der Waals surface area (Å²) >= 11 is 0.980. The van der Waals surface area contributed by atoms with Gasteiger partial charge in [-0.05, 0) is 26.8 Å². The summed E-state index contributed by atoms with van der Waals surface area (Å²) in [6.07, 6.45) is -0.573. The fraction of sp³-hybridized carbons (Fsp3) is 0.500. The van der Waals surface area contributed by atoms with Crippen molar-refractivity contribution in [2.45, 2.75) is 43.7 Å². The number of ether oxygens (including phenoxy) is 2. The molecule has 2 heterocycles. The lowest BCUT2D eigenvalue weighted by Gasteiger charge is -2.34. The number of aromatic nitrogens is 2. The van der Waals surface area contributed by atoms with E-state index in [1.165, 1.54) is 34.5 Å². The van der Waals surface area contributed by atoms with Gasteiger partial charge in [-0.25, -0.2) is 18.6 Å². The van der Waals surface area contributed by atoms with Crippen LogP contribution in [0.5, 0.6) is 5.88 Å². The average molecular weight is 603 g/mol. The van der Waals surface area contributed by atoms with Crippen molar-refractivity contribution in [3.63, 3.8) is 0 Å². The second kappa shape index (κ2) is 13.4. The van der Waals surface area contributed by atoms with Gasteiger partial charge in [0.15, 0.2) is 16.8 Å². The highest BCUT2D eigenvalue weighted by atomic mass is 32.2. The number of benzene rings is 1. The van der Waals surface area contributed by atoms with Gasteiger partial charge in [-0.1, -0.05) is 23.9 Å². The Hall–Kier alpha value is -3.24. The Labute approximate surface area is 236 Å². The van der Waals surface area contributed by atoms with Crippen LogP contribution in [0.2, 0.25) is 0 Å². The largest absolute Gasteiger partial charge is 0.481 e. The summed E-state index contributed by atoms with van der Waals surface area (Å²) in [5, 5.41) is 2.62. The third-order valence-electron chi connectivity index (χ3n) is 5.45. The number of nitrogens with one attached hydrogen (secondary N) is 2. The van der Waals surface area contributed by atoms with E-state index < -0.39 is 33.5 Å². The number of carbonyl (C=O) groups excluding carboxylic acids is 2. The van der Waals surface area contributed by atoms with E-state index >= 15 is 0 Å². The van der Waals surface area contributed by atoms with E-state index in [1.807, 2.05) is 0 Å². The normalized spacial score (nSPS) is 14.5. The van der Waals surface area contributed by atoms with Gasteiger partial charge in [0.05, 0.1) is 7.11 Å². The van der Waals surface area contributed by atoms with Gasteiger partial charge in [-0.2, -0.15) is 17.7 Å². The molecule has 0 atom stereocenters. The molecular weight excluding hydrogens is 570 g/mol. The van der Waals surface area contributed by atoms with Gasteiger partial charge in [-0.3, -0.25) is 9.52 Å². The highest BCUT2D eigenvalue weighted by Crippen LogP contribution is 2.26. The summed E-state index contributed by atoms with van der Waals surface area (Å²) in [5.41, 5.74) is -0.546. The van der Waals surface area contributed by atoms with Crippen LogP contribution in [0.25, 0.3) is 0 Å². The van der Waals surface area contributed by atoms with Crippen LogP contribution in [0.15, 0.2) is 29.4 Å². The molecule has 1 fully saturated rings. The molecule has 0 saturated carbocycles. The highest BCUT2D eigenvalue weighted by Gasteiger charge is 2.29. The summed E-state index contributed by atoms with van der Waals surface area (Å²) in [6.45, 7) is 5.71. The average Bonchev–Trinajstić information content (AvgIpc) is 2.88. The molecule has 0 unspecified atom stereocenters. The molecule has 2 N–H and O–H groups in total. The molecule has 2 aromatic rings. The van der Waals surface area contributed by atoms with Crippen LogP contribution < -0.4 is 14.8 Å². The Morgan fingerprint density at radius 3 is 2.48 bits per heavy atom. The number of carbonyl (C=O) groups is 2. The number of hydrogen-bond acceptors (Lipinski definition) is 9. The van der Waals surface area contributed by atoms with Crippen molar-refractivity contribution < 1.29 is 36.3 Å². The van der Waals surface area contributed by atoms with E-state index in [1.54, 1.807) is 20.8 Å². The standard InChI is InChI=1S/C24H32F2N6O6S2/c1-24(2,3)38-23(34)27-9-8-20(33)31-10-12-32(13-11-31)40(35,36)30-18-14-19(37-4)29-22(28-18)39-15-16-6-5-7-17(25)21(16)26/h5-7,14H,8-13,15H2,1-4H3,(H,27,34)(H,28,29,30). The molecule has 0 radical (unpaired) electrons. The topological polar surface area (TPSA) is 143 Å². The minimum atomic E-state index is -4.05. The van der Waals surface area contributed by atoms with Crippen LogP contribution >= 0.6 is 11.8 Å². The van der Waals surface area contributed by atoms with E-state index in [2.05, 4.69) is 20.0 Å². The second-order valence-corrected chi connectivity index (χ2v) is 12.3. The van der Waals surface area contributed by atoms with Crippen LogP contribution in [0.4, 0.5) is 19.4 Å². The zero-order valence-electron chi connectivity index (χ0n) is 22.6. The molecule has 1 aliphatic rings. The molecule has 220 valence electrons. The molecule has 1 aliphatic heterocycles. The first-order valence-electron chi connectivity index (χ1n) is 12.3. The number of nitrogens with zero attached hydrogens (tertiary/aromatic N) is 4. The summed E-state index contributed by atoms with van der Waals surface area (Å²) in [4.78, 5) is 34.0. The van der Waals surface area contributed by atoms with Crippen molar-refractivity contribution in [2.24, 2.45) is 0 Å². The van der Waals surface area contributed by atoms with Crippen molar-refractivity contribution in [1.29, 1.82) is 0 Å². The van der Waals surface area contributed by atoms with Crippen LogP contribution in [-0.2, 0) is 25.5 Å². The highest BCUT2D eigenvalue weighted by molar-refractivity contribution is 7.98. The predicted molar refractivity (Wildman–Crippen MR) is 144 cm³/mol. The lowest BCUT2D eigenvalue weighted by atomic mass is 10.2. The van der Waals surface area contributed by atoms with Crippen LogP contribution in [0.3, 0.4) is 0 Å². The lowest BCUT2D eigenvalue weighted by molar-refractivity contribution is -0.132. The van der Waals surface area contributed by atoms with Crippen molar-refractivity contribution in [3.05, 3.63) is 41.5 Å². The van der Waals surface area contributed by atoms with Crippen LogP contribution in [-0.4, -0.2) is 85.0 Å². The van der Waals surface area contributed by atoms with Gasteiger partial charge in [0.25, 0.3) is 0 Å². The monoisotopic (exact) mass is 602 g/mol. The third-order valence-corrected chi connectivity index (χ3v) is 7.86. The number of piperazine rings is 1. The summed E-state index contributed by atoms with van der Waals surface area (Å²) < 4.78 is 67.3. The maximum absolute atomic E-state index is 14.0. The van der Waals surface area contributed by atoms with Crippen molar-refractivity contribution in [2.75, 3.05) is 44.6 Å². The smallest absolute Gasteiger partial charge is 0.407 e. The lowest BCUT2D eigenvalue weighted by Crippen LogP contribution is -2.52. The van der Waals surface area contributed by atoms with E-state index in [4.69, 9.17) is 9.47 Å². The maximum Gasteiger partial charge on any atom is 0.407 e. The van der Waals surface area contributed by atoms with E-state index in [0.29, 0.717) is 0 Å². The van der Waals surface area contributed by atoms with Crippen molar-refractivity contribution in [1.82, 2.24) is 24.5 Å². The SMILES string of the molecule is COc1cc(NS(=O)(=O)N2CCN(C(=O)CCNC(=O)OC(C)(C)C)CC2)nc(SCc2cccc(F)c2F)n1. The molecule has 0 aliphatic carbocycles. The minimum Gasteiger partial charge on any atom is -0.481 e. The first-order valence-corrected chi connectivity index (χ1v) is 14.7. The Balaban J connectivity index is 1.54. The molecule has 1 saturated heterocycles. The number of methoxy groups -OCH3 is 1. The molecule has 3 rings (SSSR count). The molecule has 12 nitrogen and oxygen atoms in total. The van der Waals surface area contributed by atoms with E-state index in [0.717, 1.165) is 17.8 Å². The number of thioether (sulfide) groups is 1. The third kappa shape index (κ3) is 9.16. The van der Waals surface area contributed by atoms with E-state index in [-0.39, 0.29) is 73.2 Å². The molecule has 1 aromatic heterocycles. The molecule has 2 amide bonds. The first kappa shape index (κ1) is 31.3. The number of hydrogen-bond donors (Lipinski definition) is 2. The number of rotatable bonds is 10. The van der Waals surface area contributed by atoms with Gasteiger partial charge in [0.1, 0.15) is 11.4 Å². The zero-order chi connectivity index (χ0) is 29.5. The van der Waals surface area contributed by atoms with Gasteiger partial charge in [0, 0.05) is 56.5 Å². The van der Waals surface area contributed by atoms with Crippen LogP contribution in [0, 0.1) is 11.6 Å². The fourth-order valence-electron chi connectivity index (χ4n) is 3.55. The Morgan fingerprint density at radius 2 is 1.82 bits per heavy atom. The molecular formula is C24H32F2N6O6S2. The van der Waals surface area contributed by atoms with Crippen molar-refractivity contribution >= 4 is 39.8 Å². The molecule has 0 bridgehead atoms. The fourth-order valence-corrected chi connectivity index (χ4v) is 5.51. The van der Waals surface area contributed by atoms with Gasteiger partial charge in [0.2, 0.25) is 11.8 Å². The number of anilines is 1. The maximum atomic E-state index is 14.0. The van der Waals surface area contributed by atoms with Gasteiger partial charge >= 0.3 is 16.3 Å². The Bertz CT molecular complexity index is 1320. The predicted octanol–water partition coefficient (Wildman–Crippen LogP) is 2.77. The first-order chi connectivity index (χ1) is 18.8. The quantitative estimate of drug-likeness (QED) is 0.310. The van der Waals surface area contributed by atoms with Gasteiger partial charge < -0.3 is 19.7 Å². The summed E-state index contributed by atoms with van der Waals surface area (Å²) in [6, 6.07) is 5.12. The number of amides is 2. The van der Waals surface area contributed by atoms with Crippen LogP contribution in [0.1, 0.15) is 32.8 Å². The zero-order valence-corrected chi connectivity index (χ0v) is 24.2. The molecule has 1 aromatic carbocycles. The summed E-state index contributed by atoms with van der Waals surface area (Å²) in [5.74, 6) is -2.16. The van der Waals surface area contributed by atoms with Gasteiger partial charge in [-0.15, -0.1) is 0 Å². The number of alkyl carbamates (subject to hydrolysis) is 1. The number of halogens is 2. The van der Waals surface area contributed by atoms with Crippen molar-refractivity contribution in [3.8, 4) is 5.88 Å². The molecule has 0 spiro atoms. The second-order valence-electron chi connectivity index (χ2n) is 9.65.